The molecule has 2 nitrogen and oxygen atoms in total. The van der Waals surface area contributed by atoms with E-state index in [1.165, 1.54) is 32.1 Å². The summed E-state index contributed by atoms with van der Waals surface area (Å²) in [5.41, 5.74) is 0. The van der Waals surface area contributed by atoms with E-state index in [4.69, 9.17) is 0 Å². The smallest absolute Gasteiger partial charge is 0.224 e. The summed E-state index contributed by atoms with van der Waals surface area (Å²) in [5, 5.41) is 0. The molecular formula is C12H20BrNO. The molecule has 1 amide bonds. The topological polar surface area (TPSA) is 20.3 Å². The van der Waals surface area contributed by atoms with Gasteiger partial charge in [0.05, 0.1) is 0 Å². The van der Waals surface area contributed by atoms with Crippen molar-refractivity contribution in [2.24, 2.45) is 5.92 Å². The zero-order chi connectivity index (χ0) is 10.8. The highest BCUT2D eigenvalue weighted by Crippen LogP contribution is 2.31. The first kappa shape index (κ1) is 11.4. The minimum Gasteiger partial charge on any atom is -0.339 e. The maximum absolute atomic E-state index is 11.8. The molecule has 0 bridgehead atoms. The van der Waals surface area contributed by atoms with Gasteiger partial charge in [0.25, 0.3) is 0 Å². The summed E-state index contributed by atoms with van der Waals surface area (Å²) in [7, 11) is 0. The van der Waals surface area contributed by atoms with Crippen molar-refractivity contribution in [3.8, 4) is 0 Å². The number of nitrogens with zero attached hydrogens (tertiary/aromatic N) is 1. The predicted octanol–water partition coefficient (Wildman–Crippen LogP) is 2.95. The Kier molecular flexibility index (Phi) is 3.70. The van der Waals surface area contributed by atoms with Gasteiger partial charge < -0.3 is 4.90 Å². The Labute approximate surface area is 101 Å². The maximum Gasteiger partial charge on any atom is 0.224 e. The second kappa shape index (κ2) is 4.86. The van der Waals surface area contributed by atoms with Crippen LogP contribution in [-0.4, -0.2) is 28.2 Å². The average Bonchev–Trinajstić information content (AvgIpc) is 2.58. The molecule has 0 aromatic rings. The van der Waals surface area contributed by atoms with Crippen LogP contribution in [0.3, 0.4) is 0 Å². The van der Waals surface area contributed by atoms with Crippen molar-refractivity contribution in [1.82, 2.24) is 4.90 Å². The van der Waals surface area contributed by atoms with Gasteiger partial charge in [-0.1, -0.05) is 35.2 Å². The van der Waals surface area contributed by atoms with E-state index in [2.05, 4.69) is 27.8 Å². The minimum absolute atomic E-state index is 0.343. The summed E-state index contributed by atoms with van der Waals surface area (Å²) in [6, 6.07) is 0.459. The molecule has 1 saturated carbocycles. The first-order chi connectivity index (χ1) is 7.18. The lowest BCUT2D eigenvalue weighted by atomic mass is 9.84. The molecular weight excluding hydrogens is 254 g/mol. The number of carbonyl (C=O) groups is 1. The summed E-state index contributed by atoms with van der Waals surface area (Å²) in [5.74, 6) is 1.09. The molecule has 1 aliphatic carbocycles. The third-order valence-electron chi connectivity index (χ3n) is 3.93. The highest BCUT2D eigenvalue weighted by molar-refractivity contribution is 9.09. The summed E-state index contributed by atoms with van der Waals surface area (Å²) in [6.45, 7) is 3.15. The summed E-state index contributed by atoms with van der Waals surface area (Å²) >= 11 is 3.55. The number of amides is 1. The summed E-state index contributed by atoms with van der Waals surface area (Å²) in [4.78, 5) is 14.2. The van der Waals surface area contributed by atoms with Crippen LogP contribution in [0.15, 0.2) is 0 Å². The lowest BCUT2D eigenvalue weighted by Gasteiger charge is -2.34. The summed E-state index contributed by atoms with van der Waals surface area (Å²) in [6.07, 6.45) is 7.43. The van der Waals surface area contributed by atoms with Gasteiger partial charge in [0.15, 0.2) is 0 Å². The van der Waals surface area contributed by atoms with Crippen LogP contribution in [0.4, 0.5) is 0 Å². The number of hydrogen-bond donors (Lipinski definition) is 0. The van der Waals surface area contributed by atoms with Crippen molar-refractivity contribution in [3.63, 3.8) is 0 Å². The first-order valence-corrected chi connectivity index (χ1v) is 7.03. The zero-order valence-electron chi connectivity index (χ0n) is 9.42. The van der Waals surface area contributed by atoms with Crippen molar-refractivity contribution in [3.05, 3.63) is 0 Å². The van der Waals surface area contributed by atoms with Gasteiger partial charge >= 0.3 is 0 Å². The van der Waals surface area contributed by atoms with Crippen molar-refractivity contribution < 1.29 is 4.79 Å². The number of carbonyl (C=O) groups excluding carboxylic acids is 1. The normalized spacial score (nSPS) is 30.9. The van der Waals surface area contributed by atoms with E-state index >= 15 is 0 Å². The molecule has 3 heteroatoms. The van der Waals surface area contributed by atoms with Crippen LogP contribution in [0.2, 0.25) is 0 Å². The van der Waals surface area contributed by atoms with Crippen molar-refractivity contribution in [2.45, 2.75) is 56.3 Å². The van der Waals surface area contributed by atoms with Gasteiger partial charge in [-0.05, 0) is 25.7 Å². The fraction of sp³-hybridized carbons (Fsp3) is 0.917. The third-order valence-corrected chi connectivity index (χ3v) is 4.55. The van der Waals surface area contributed by atoms with Crippen molar-refractivity contribution in [2.75, 3.05) is 6.54 Å². The molecule has 2 unspecified atom stereocenters. The molecule has 2 rings (SSSR count). The third kappa shape index (κ3) is 2.55. The van der Waals surface area contributed by atoms with E-state index in [0.717, 1.165) is 12.5 Å². The number of halogens is 1. The molecule has 2 atom stereocenters. The van der Waals surface area contributed by atoms with Crippen LogP contribution in [0, 0.1) is 5.92 Å². The quantitative estimate of drug-likeness (QED) is 0.709. The minimum atomic E-state index is 0.343. The molecule has 2 fully saturated rings. The molecule has 15 heavy (non-hydrogen) atoms. The fourth-order valence-corrected chi connectivity index (χ4v) is 3.54. The molecule has 0 spiro atoms. The first-order valence-electron chi connectivity index (χ1n) is 6.12. The fourth-order valence-electron chi connectivity index (χ4n) is 2.95. The van der Waals surface area contributed by atoms with Gasteiger partial charge in [0.2, 0.25) is 5.91 Å². The monoisotopic (exact) mass is 273 g/mol. The van der Waals surface area contributed by atoms with E-state index in [1.807, 2.05) is 0 Å². The molecule has 1 saturated heterocycles. The lowest BCUT2D eigenvalue weighted by molar-refractivity contribution is -0.130. The zero-order valence-corrected chi connectivity index (χ0v) is 11.0. The number of hydrogen-bond acceptors (Lipinski definition) is 1. The van der Waals surface area contributed by atoms with E-state index in [0.29, 0.717) is 23.2 Å². The highest BCUT2D eigenvalue weighted by atomic mass is 79.9. The lowest BCUT2D eigenvalue weighted by Crippen LogP contribution is -2.40. The SMILES string of the molecule is CC(C1CCCCC1)N1CC(Br)CC1=O. The second-order valence-electron chi connectivity index (χ2n) is 4.99. The Morgan fingerprint density at radius 1 is 1.33 bits per heavy atom. The Balaban J connectivity index is 1.94. The van der Waals surface area contributed by atoms with E-state index in [-0.39, 0.29) is 0 Å². The van der Waals surface area contributed by atoms with Crippen LogP contribution < -0.4 is 0 Å². The second-order valence-corrected chi connectivity index (χ2v) is 6.28. The molecule has 0 aromatic heterocycles. The number of likely N-dealkylation sites (tertiary alicyclic amines) is 1. The number of rotatable bonds is 2. The van der Waals surface area contributed by atoms with Gasteiger partial charge in [0, 0.05) is 23.8 Å². The van der Waals surface area contributed by atoms with E-state index in [9.17, 15) is 4.79 Å². The Bertz CT molecular complexity index is 238. The van der Waals surface area contributed by atoms with Gasteiger partial charge in [-0.2, -0.15) is 0 Å². The Morgan fingerprint density at radius 3 is 2.53 bits per heavy atom. The van der Waals surface area contributed by atoms with Crippen LogP contribution in [-0.2, 0) is 4.79 Å². The molecule has 2 aliphatic rings. The van der Waals surface area contributed by atoms with Gasteiger partial charge in [-0.15, -0.1) is 0 Å². The standard InChI is InChI=1S/C12H20BrNO/c1-9(10-5-3-2-4-6-10)14-8-11(13)7-12(14)15/h9-11H,2-8H2,1H3. The predicted molar refractivity (Wildman–Crippen MR) is 65.1 cm³/mol. The van der Waals surface area contributed by atoms with E-state index < -0.39 is 0 Å². The maximum atomic E-state index is 11.8. The molecule has 0 radical (unpaired) electrons. The van der Waals surface area contributed by atoms with Gasteiger partial charge in [-0.25, -0.2) is 0 Å². The van der Waals surface area contributed by atoms with Crippen LogP contribution in [0.1, 0.15) is 45.4 Å². The van der Waals surface area contributed by atoms with Gasteiger partial charge in [-0.3, -0.25) is 4.79 Å². The Morgan fingerprint density at radius 2 is 2.00 bits per heavy atom. The molecule has 86 valence electrons. The van der Waals surface area contributed by atoms with Crippen molar-refractivity contribution in [1.29, 1.82) is 0 Å². The van der Waals surface area contributed by atoms with Crippen molar-refractivity contribution >= 4 is 21.8 Å². The summed E-state index contributed by atoms with van der Waals surface area (Å²) < 4.78 is 0. The van der Waals surface area contributed by atoms with Crippen LogP contribution >= 0.6 is 15.9 Å². The van der Waals surface area contributed by atoms with Crippen LogP contribution in [0.25, 0.3) is 0 Å². The Hall–Kier alpha value is -0.0500. The highest BCUT2D eigenvalue weighted by Gasteiger charge is 2.34. The van der Waals surface area contributed by atoms with Gasteiger partial charge in [0.1, 0.15) is 0 Å². The molecule has 1 heterocycles. The number of alkyl halides is 1. The molecule has 0 aromatic carbocycles. The van der Waals surface area contributed by atoms with E-state index in [1.54, 1.807) is 0 Å². The molecule has 1 aliphatic heterocycles. The van der Waals surface area contributed by atoms with Crippen LogP contribution in [0.5, 0.6) is 0 Å². The average molecular weight is 274 g/mol. The largest absolute Gasteiger partial charge is 0.339 e. The molecule has 0 N–H and O–H groups in total.